The first-order valence-electron chi connectivity index (χ1n) is 10.1. The van der Waals surface area contributed by atoms with Gasteiger partial charge < -0.3 is 9.80 Å². The molecule has 0 spiro atoms. The first-order chi connectivity index (χ1) is 13.8. The minimum absolute atomic E-state index is 0.0634. The van der Waals surface area contributed by atoms with Crippen molar-refractivity contribution in [2.24, 2.45) is 0 Å². The van der Waals surface area contributed by atoms with Gasteiger partial charge in [-0.1, -0.05) is 26.7 Å². The zero-order valence-corrected chi connectivity index (χ0v) is 18.2. The average Bonchev–Trinajstić information content (AvgIpc) is 2.72. The van der Waals surface area contributed by atoms with Crippen molar-refractivity contribution in [3.8, 4) is 12.3 Å². The monoisotopic (exact) mass is 422 g/mol. The van der Waals surface area contributed by atoms with Gasteiger partial charge in [0.2, 0.25) is 10.0 Å². The van der Waals surface area contributed by atoms with Crippen molar-refractivity contribution in [3.05, 3.63) is 27.8 Å². The third-order valence-electron chi connectivity index (χ3n) is 5.13. The topological polar surface area (TPSA) is 87.0 Å². The zero-order valence-electron chi connectivity index (χ0n) is 17.4. The molecule has 1 fully saturated rings. The van der Waals surface area contributed by atoms with Crippen LogP contribution in [0.25, 0.3) is 0 Å². The van der Waals surface area contributed by atoms with Crippen LogP contribution in [0.4, 0.5) is 11.4 Å². The van der Waals surface area contributed by atoms with E-state index in [0.717, 1.165) is 25.5 Å². The maximum absolute atomic E-state index is 13.5. The Morgan fingerprint density at radius 1 is 1.14 bits per heavy atom. The van der Waals surface area contributed by atoms with Crippen LogP contribution in [0, 0.1) is 22.5 Å². The van der Waals surface area contributed by atoms with Crippen molar-refractivity contribution < 1.29 is 13.3 Å². The van der Waals surface area contributed by atoms with Gasteiger partial charge >= 0.3 is 0 Å². The lowest BCUT2D eigenvalue weighted by Gasteiger charge is -2.34. The lowest BCUT2D eigenvalue weighted by atomic mass is 10.1. The predicted molar refractivity (Wildman–Crippen MR) is 115 cm³/mol. The second kappa shape index (κ2) is 10.1. The van der Waals surface area contributed by atoms with Gasteiger partial charge in [-0.2, -0.15) is 4.31 Å². The highest BCUT2D eigenvalue weighted by atomic mass is 32.2. The number of nitro groups is 1. The number of benzene rings is 1. The standard InChI is InChI=1S/C20H30N4O4S/c1-5-9-22(10-6-2)20-17(7-3)15-18(24(25)26)16-19(20)29(27,28)23-13-11-21(8-4)12-14-23/h3,15-16H,5-6,8-14H2,1-2,4H3. The molecule has 1 aromatic rings. The largest absolute Gasteiger partial charge is 0.369 e. The fourth-order valence-corrected chi connectivity index (χ4v) is 5.31. The Balaban J connectivity index is 2.65. The van der Waals surface area contributed by atoms with Gasteiger partial charge in [0, 0.05) is 51.4 Å². The van der Waals surface area contributed by atoms with Crippen molar-refractivity contribution in [2.75, 3.05) is 50.7 Å². The number of hydrogen-bond acceptors (Lipinski definition) is 6. The van der Waals surface area contributed by atoms with E-state index >= 15 is 0 Å². The number of anilines is 1. The van der Waals surface area contributed by atoms with Gasteiger partial charge in [-0.3, -0.25) is 10.1 Å². The molecule has 1 heterocycles. The molecule has 0 saturated carbocycles. The maximum Gasteiger partial charge on any atom is 0.272 e. The van der Waals surface area contributed by atoms with Crippen molar-refractivity contribution in [1.29, 1.82) is 0 Å². The summed E-state index contributed by atoms with van der Waals surface area (Å²) in [5, 5.41) is 11.4. The third-order valence-corrected chi connectivity index (χ3v) is 7.04. The number of rotatable bonds is 9. The molecule has 29 heavy (non-hydrogen) atoms. The van der Waals surface area contributed by atoms with E-state index in [4.69, 9.17) is 6.42 Å². The molecule has 0 amide bonds. The second-order valence-electron chi connectivity index (χ2n) is 7.07. The number of sulfonamides is 1. The molecular formula is C20H30N4O4S. The first-order valence-corrected chi connectivity index (χ1v) is 11.5. The van der Waals surface area contributed by atoms with Crippen LogP contribution in [-0.4, -0.2) is 68.4 Å². The summed E-state index contributed by atoms with van der Waals surface area (Å²) < 4.78 is 28.5. The van der Waals surface area contributed by atoms with Gasteiger partial charge in [-0.15, -0.1) is 6.42 Å². The number of nitrogens with zero attached hydrogens (tertiary/aromatic N) is 4. The van der Waals surface area contributed by atoms with Crippen molar-refractivity contribution >= 4 is 21.4 Å². The zero-order chi connectivity index (χ0) is 21.6. The van der Waals surface area contributed by atoms with Crippen LogP contribution >= 0.6 is 0 Å². The smallest absolute Gasteiger partial charge is 0.272 e. The number of nitro benzene ring substituents is 1. The molecule has 0 unspecified atom stereocenters. The van der Waals surface area contributed by atoms with Crippen molar-refractivity contribution in [1.82, 2.24) is 9.21 Å². The molecule has 0 aliphatic carbocycles. The molecule has 9 heteroatoms. The predicted octanol–water partition coefficient (Wildman–Crippen LogP) is 2.53. The van der Waals surface area contributed by atoms with Crippen LogP contribution in [-0.2, 0) is 10.0 Å². The van der Waals surface area contributed by atoms with Crippen molar-refractivity contribution in [2.45, 2.75) is 38.5 Å². The summed E-state index contributed by atoms with van der Waals surface area (Å²) in [7, 11) is -3.93. The van der Waals surface area contributed by atoms with Gasteiger partial charge in [0.25, 0.3) is 5.69 Å². The summed E-state index contributed by atoms with van der Waals surface area (Å²) in [6.07, 6.45) is 7.26. The summed E-state index contributed by atoms with van der Waals surface area (Å²) in [5.41, 5.74) is 0.340. The van der Waals surface area contributed by atoms with E-state index in [-0.39, 0.29) is 16.1 Å². The fraction of sp³-hybridized carbons (Fsp3) is 0.600. The summed E-state index contributed by atoms with van der Waals surface area (Å²) >= 11 is 0. The molecule has 0 bridgehead atoms. The molecule has 0 aromatic heterocycles. The van der Waals surface area contributed by atoms with E-state index in [1.54, 1.807) is 0 Å². The molecule has 2 rings (SSSR count). The Bertz CT molecular complexity index is 865. The van der Waals surface area contributed by atoms with E-state index in [9.17, 15) is 18.5 Å². The minimum atomic E-state index is -3.93. The number of likely N-dealkylation sites (N-methyl/N-ethyl adjacent to an activating group) is 1. The number of piperazine rings is 1. The maximum atomic E-state index is 13.5. The van der Waals surface area contributed by atoms with E-state index in [1.165, 1.54) is 10.4 Å². The Morgan fingerprint density at radius 3 is 2.17 bits per heavy atom. The Hall–Kier alpha value is -2.15. The number of hydrogen-bond donors (Lipinski definition) is 0. The van der Waals surface area contributed by atoms with E-state index in [0.29, 0.717) is 45.0 Å². The summed E-state index contributed by atoms with van der Waals surface area (Å²) in [4.78, 5) is 14.9. The highest BCUT2D eigenvalue weighted by molar-refractivity contribution is 7.89. The highest BCUT2D eigenvalue weighted by Gasteiger charge is 2.34. The Labute approximate surface area is 173 Å². The van der Waals surface area contributed by atoms with E-state index in [1.807, 2.05) is 25.7 Å². The van der Waals surface area contributed by atoms with Crippen LogP contribution in [0.1, 0.15) is 39.2 Å². The van der Waals surface area contributed by atoms with Gasteiger partial charge in [0.05, 0.1) is 16.2 Å². The summed E-state index contributed by atoms with van der Waals surface area (Å²) in [5.74, 6) is 2.48. The normalized spacial score (nSPS) is 15.8. The van der Waals surface area contributed by atoms with Gasteiger partial charge in [0.1, 0.15) is 4.90 Å². The lowest BCUT2D eigenvalue weighted by Crippen LogP contribution is -2.48. The molecule has 0 N–H and O–H groups in total. The Morgan fingerprint density at radius 2 is 1.72 bits per heavy atom. The molecule has 1 aliphatic rings. The van der Waals surface area contributed by atoms with Crippen LogP contribution in [0.5, 0.6) is 0 Å². The molecule has 160 valence electrons. The quantitative estimate of drug-likeness (QED) is 0.345. The third kappa shape index (κ3) is 5.07. The molecule has 0 atom stereocenters. The Kier molecular flexibility index (Phi) is 8.02. The fourth-order valence-electron chi connectivity index (χ4n) is 3.63. The van der Waals surface area contributed by atoms with E-state index in [2.05, 4.69) is 10.8 Å². The highest BCUT2D eigenvalue weighted by Crippen LogP contribution is 2.36. The molecule has 8 nitrogen and oxygen atoms in total. The number of non-ortho nitro benzene ring substituents is 1. The first kappa shape index (κ1) is 23.1. The summed E-state index contributed by atoms with van der Waals surface area (Å²) in [6.45, 7) is 10.1. The lowest BCUT2D eigenvalue weighted by molar-refractivity contribution is -0.385. The SMILES string of the molecule is C#Cc1cc([N+](=O)[O-])cc(S(=O)(=O)N2CCN(CC)CC2)c1N(CCC)CCC. The van der Waals surface area contributed by atoms with Gasteiger partial charge in [-0.05, 0) is 19.4 Å². The number of terminal acetylenes is 1. The van der Waals surface area contributed by atoms with Crippen LogP contribution in [0.3, 0.4) is 0 Å². The van der Waals surface area contributed by atoms with Crippen LogP contribution in [0.15, 0.2) is 17.0 Å². The van der Waals surface area contributed by atoms with Crippen molar-refractivity contribution in [3.63, 3.8) is 0 Å². The van der Waals surface area contributed by atoms with Gasteiger partial charge in [-0.25, -0.2) is 8.42 Å². The van der Waals surface area contributed by atoms with Crippen LogP contribution < -0.4 is 4.90 Å². The molecule has 1 aromatic carbocycles. The van der Waals surface area contributed by atoms with Gasteiger partial charge in [0.15, 0.2) is 0 Å². The minimum Gasteiger partial charge on any atom is -0.369 e. The summed E-state index contributed by atoms with van der Waals surface area (Å²) in [6, 6.07) is 2.46. The molecule has 1 saturated heterocycles. The molecule has 0 radical (unpaired) electrons. The van der Waals surface area contributed by atoms with Crippen LogP contribution in [0.2, 0.25) is 0 Å². The molecule has 1 aliphatic heterocycles. The second-order valence-corrected chi connectivity index (χ2v) is 8.97. The molecular weight excluding hydrogens is 392 g/mol. The van der Waals surface area contributed by atoms with E-state index < -0.39 is 14.9 Å². The average molecular weight is 423 g/mol.